The second-order valence-corrected chi connectivity index (χ2v) is 21.2. The van der Waals surface area contributed by atoms with Crippen molar-refractivity contribution in [2.24, 2.45) is 16.7 Å². The lowest BCUT2D eigenvalue weighted by molar-refractivity contribution is -0.144. The van der Waals surface area contributed by atoms with Gasteiger partial charge in [-0.3, -0.25) is 43.5 Å². The van der Waals surface area contributed by atoms with Gasteiger partial charge >= 0.3 is 0 Å². The molecule has 1 aromatic heterocycles. The molecule has 0 unspecified atom stereocenters. The van der Waals surface area contributed by atoms with Crippen molar-refractivity contribution in [1.82, 2.24) is 57.2 Å². The number of likely N-dealkylation sites (N-methyl/N-ethyl adjacent to an activating group) is 2. The summed E-state index contributed by atoms with van der Waals surface area (Å²) in [5, 5.41) is 27.3. The summed E-state index contributed by atoms with van der Waals surface area (Å²) in [6.07, 6.45) is 0.115. The van der Waals surface area contributed by atoms with E-state index in [9.17, 15) is 38.4 Å². The van der Waals surface area contributed by atoms with Gasteiger partial charge in [-0.2, -0.15) is 5.10 Å². The molecule has 7 amide bonds. The number of nitrogens with zero attached hydrogens (tertiary/aromatic N) is 3. The summed E-state index contributed by atoms with van der Waals surface area (Å²) in [4.78, 5) is 114. The number of carbonyl (C=O) groups is 8. The van der Waals surface area contributed by atoms with Gasteiger partial charge in [0.2, 0.25) is 35.4 Å². The van der Waals surface area contributed by atoms with Crippen LogP contribution in [0.25, 0.3) is 0 Å². The minimum atomic E-state index is -1.01. The highest BCUT2D eigenvalue weighted by molar-refractivity contribution is 6.00. The van der Waals surface area contributed by atoms with Crippen LogP contribution in [0.5, 0.6) is 0 Å². The van der Waals surface area contributed by atoms with E-state index >= 15 is 0 Å². The first kappa shape index (κ1) is 61.4. The molecule has 73 heavy (non-hydrogen) atoms. The van der Waals surface area contributed by atoms with Gasteiger partial charge in [-0.25, -0.2) is 0 Å². The van der Waals surface area contributed by atoms with Gasteiger partial charge in [-0.1, -0.05) is 102 Å². The Morgan fingerprint density at radius 1 is 0.630 bits per heavy atom. The van der Waals surface area contributed by atoms with Crippen molar-refractivity contribution in [3.8, 4) is 0 Å². The molecule has 0 radical (unpaired) electrons. The van der Waals surface area contributed by atoms with Crippen molar-refractivity contribution in [1.29, 1.82) is 0 Å². The predicted octanol–water partition coefficient (Wildman–Crippen LogP) is 3.77. The molecule has 0 bridgehead atoms. The van der Waals surface area contributed by atoms with Crippen molar-refractivity contribution in [2.45, 2.75) is 143 Å². The molecule has 8 N–H and O–H groups in total. The third-order valence-corrected chi connectivity index (χ3v) is 13.5. The number of hydrogen-bond donors (Lipinski definition) is 8. The summed E-state index contributed by atoms with van der Waals surface area (Å²) >= 11 is 0. The number of halogens is 2. The molecular formula is C52H77Cl2N11O8. The number of amides is 7. The fourth-order valence-corrected chi connectivity index (χ4v) is 8.90. The predicted molar refractivity (Wildman–Crippen MR) is 283 cm³/mol. The zero-order chi connectivity index (χ0) is 52.5. The lowest BCUT2D eigenvalue weighted by Gasteiger charge is -2.36. The summed E-state index contributed by atoms with van der Waals surface area (Å²) < 4.78 is 0. The molecule has 2 fully saturated rings. The SMILES string of the molecule is CN[C@@H](C)C(=O)N[C@H](C(=O)N1C[C@@H](CC(=O)c2cc(C(=O)N[C@H]3C[C@@H](C(=O)N[C@H](C)c4ccccc4)N(C(=O)[C@@H](NC(=O)[C@H](C)NC)C(C)(C)C)C3)[nH]n2)C[C@H]1C(=O)N[C@H](C)c1ccccc1)C(C)(C)C.Cl.Cl. The van der Waals surface area contributed by atoms with Gasteiger partial charge < -0.3 is 47.0 Å². The Balaban J connectivity index is 0.00000703. The summed E-state index contributed by atoms with van der Waals surface area (Å²) in [6.45, 7) is 18.0. The van der Waals surface area contributed by atoms with Gasteiger partial charge in [-0.15, -0.1) is 24.8 Å². The maximum Gasteiger partial charge on any atom is 0.269 e. The molecule has 0 aliphatic carbocycles. The summed E-state index contributed by atoms with van der Waals surface area (Å²) in [5.41, 5.74) is 0.170. The zero-order valence-corrected chi connectivity index (χ0v) is 45.7. The van der Waals surface area contributed by atoms with E-state index in [1.165, 1.54) is 15.9 Å². The number of carbonyl (C=O) groups excluding carboxylic acids is 8. The smallest absolute Gasteiger partial charge is 0.269 e. The summed E-state index contributed by atoms with van der Waals surface area (Å²) in [5.74, 6) is -4.05. The molecule has 402 valence electrons. The average molecular weight is 1060 g/mol. The molecule has 2 aliphatic rings. The number of rotatable bonds is 19. The molecule has 0 saturated carbocycles. The highest BCUT2D eigenvalue weighted by atomic mass is 35.5. The third kappa shape index (κ3) is 15.8. The molecule has 5 rings (SSSR count). The largest absolute Gasteiger partial charge is 0.348 e. The van der Waals surface area contributed by atoms with Crippen molar-refractivity contribution < 1.29 is 38.4 Å². The van der Waals surface area contributed by atoms with Crippen molar-refractivity contribution in [3.05, 3.63) is 89.2 Å². The number of H-pyrrole nitrogens is 1. The third-order valence-electron chi connectivity index (χ3n) is 13.5. The van der Waals surface area contributed by atoms with Gasteiger partial charge in [0.15, 0.2) is 5.78 Å². The quantitative estimate of drug-likeness (QED) is 0.0803. The first-order valence-electron chi connectivity index (χ1n) is 24.5. The number of benzene rings is 2. The van der Waals surface area contributed by atoms with E-state index in [2.05, 4.69) is 47.4 Å². The van der Waals surface area contributed by atoms with Crippen LogP contribution in [0.15, 0.2) is 66.7 Å². The molecule has 10 atom stereocenters. The van der Waals surface area contributed by atoms with Crippen LogP contribution in [0.4, 0.5) is 0 Å². The maximum atomic E-state index is 14.5. The second kappa shape index (κ2) is 26.4. The van der Waals surface area contributed by atoms with E-state index in [1.54, 1.807) is 27.9 Å². The molecule has 2 aromatic carbocycles. The number of aromatic amines is 1. The average Bonchev–Trinajstić information content (AvgIpc) is 4.11. The Hall–Kier alpha value is -5.89. The van der Waals surface area contributed by atoms with Crippen LogP contribution in [0.1, 0.15) is 133 Å². The van der Waals surface area contributed by atoms with Crippen LogP contribution >= 0.6 is 24.8 Å². The van der Waals surface area contributed by atoms with Crippen LogP contribution < -0.4 is 37.2 Å². The van der Waals surface area contributed by atoms with Gasteiger partial charge in [0, 0.05) is 25.6 Å². The summed E-state index contributed by atoms with van der Waals surface area (Å²) in [7, 11) is 3.28. The van der Waals surface area contributed by atoms with Crippen molar-refractivity contribution in [3.63, 3.8) is 0 Å². The van der Waals surface area contributed by atoms with Gasteiger partial charge in [0.05, 0.1) is 24.2 Å². The lowest BCUT2D eigenvalue weighted by atomic mass is 9.85. The van der Waals surface area contributed by atoms with Crippen LogP contribution in [0.3, 0.4) is 0 Å². The van der Waals surface area contributed by atoms with E-state index in [4.69, 9.17) is 0 Å². The van der Waals surface area contributed by atoms with Gasteiger partial charge in [-0.05, 0) is 88.6 Å². The lowest BCUT2D eigenvalue weighted by Crippen LogP contribution is -2.59. The molecule has 2 aliphatic heterocycles. The van der Waals surface area contributed by atoms with E-state index in [1.807, 2.05) is 116 Å². The zero-order valence-electron chi connectivity index (χ0n) is 44.1. The Kier molecular flexibility index (Phi) is 22.2. The van der Waals surface area contributed by atoms with Crippen LogP contribution in [-0.4, -0.2) is 137 Å². The number of aromatic nitrogens is 2. The normalized spacial score (nSPS) is 20.1. The molecule has 3 aromatic rings. The Morgan fingerprint density at radius 2 is 1.05 bits per heavy atom. The first-order valence-corrected chi connectivity index (χ1v) is 24.5. The highest BCUT2D eigenvalue weighted by Gasteiger charge is 2.48. The Labute approximate surface area is 441 Å². The van der Waals surface area contributed by atoms with Crippen LogP contribution in [0, 0.1) is 16.7 Å². The molecule has 19 nitrogen and oxygen atoms in total. The Morgan fingerprint density at radius 3 is 1.48 bits per heavy atom. The standard InChI is InChI=1S/C52H75N11O8.2ClH/c1-29(34-19-15-13-16-20-34)55-47(68)39-23-33(27-62(39)49(70)42(51(5,6)7)58-44(65)31(3)53-11)24-41(64)37-26-38(61-60-37)46(67)57-36-25-40(48(69)56-30(2)35-21-17-14-18-22-35)63(28-36)50(71)43(52(8,9)10)59-45(66)32(4)54-12;;/h13-22,26,29-33,36,39-40,42-43,53-54H,23-25,27-28H2,1-12H3,(H,55,68)(H,56,69)(H,57,67)(H,58,65)(H,59,66)(H,60,61);2*1H/t29-,30-,31+,32+,33-,36+,39+,40+,42-,43-;;/m1../s1. The van der Waals surface area contributed by atoms with Gasteiger partial charge in [0.25, 0.3) is 5.91 Å². The number of hydrogen-bond acceptors (Lipinski definition) is 11. The van der Waals surface area contributed by atoms with E-state index in [0.717, 1.165) is 11.1 Å². The van der Waals surface area contributed by atoms with E-state index < -0.39 is 100 Å². The fourth-order valence-electron chi connectivity index (χ4n) is 8.90. The molecule has 0 spiro atoms. The minimum Gasteiger partial charge on any atom is -0.348 e. The second-order valence-electron chi connectivity index (χ2n) is 21.2. The Bertz CT molecular complexity index is 2230. The molecule has 2 saturated heterocycles. The molecular weight excluding hydrogens is 978 g/mol. The first-order chi connectivity index (χ1) is 33.3. The summed E-state index contributed by atoms with van der Waals surface area (Å²) in [6, 6.07) is 13.5. The minimum absolute atomic E-state index is 0. The molecule has 3 heterocycles. The topological polar surface area (TPSA) is 256 Å². The number of nitrogens with one attached hydrogen (secondary N) is 8. The van der Waals surface area contributed by atoms with E-state index in [0.29, 0.717) is 0 Å². The number of ketones is 1. The fraction of sp³-hybridized carbons (Fsp3) is 0.558. The van der Waals surface area contributed by atoms with Gasteiger partial charge in [0.1, 0.15) is 35.6 Å². The van der Waals surface area contributed by atoms with E-state index in [-0.39, 0.29) is 86.4 Å². The van der Waals surface area contributed by atoms with Crippen molar-refractivity contribution in [2.75, 3.05) is 27.2 Å². The number of Topliss-reactive ketones (excluding diaryl/α,β-unsaturated/α-hetero) is 1. The van der Waals surface area contributed by atoms with Crippen LogP contribution in [0.2, 0.25) is 0 Å². The highest BCUT2D eigenvalue weighted by Crippen LogP contribution is 2.32. The van der Waals surface area contributed by atoms with Crippen molar-refractivity contribution >= 4 is 71.9 Å². The maximum absolute atomic E-state index is 14.5. The van der Waals surface area contributed by atoms with Crippen LogP contribution in [-0.2, 0) is 28.8 Å². The monoisotopic (exact) mass is 1050 g/mol. The molecule has 21 heteroatoms. The number of likely N-dealkylation sites (tertiary alicyclic amines) is 2.